The van der Waals surface area contributed by atoms with Crippen molar-refractivity contribution >= 4 is 33.2 Å². The molecule has 0 spiro atoms. The lowest BCUT2D eigenvalue weighted by molar-refractivity contribution is -0.385. The monoisotopic (exact) mass is 408 g/mol. The number of carbonyl (C=O) groups is 1. The van der Waals surface area contributed by atoms with Crippen LogP contribution in [0.1, 0.15) is 11.1 Å². The van der Waals surface area contributed by atoms with Crippen molar-refractivity contribution in [3.8, 4) is 11.5 Å². The standard InChI is InChI=1S/C17H17BrN2O5/c1-10-4-5-15(24-3)13(6-10)19-16(21)9-25-17-11(2)7-12(18)8-14(17)20(22)23/h4-8H,9H2,1-3H3,(H,19,21). The van der Waals surface area contributed by atoms with E-state index in [1.54, 1.807) is 25.1 Å². The van der Waals surface area contributed by atoms with Gasteiger partial charge in [-0.3, -0.25) is 14.9 Å². The Balaban J connectivity index is 2.13. The number of carbonyl (C=O) groups excluding carboxylic acids is 1. The van der Waals surface area contributed by atoms with E-state index in [1.165, 1.54) is 13.2 Å². The SMILES string of the molecule is COc1ccc(C)cc1NC(=O)COc1c(C)cc(Br)cc1[N+](=O)[O-]. The summed E-state index contributed by atoms with van der Waals surface area (Å²) < 4.78 is 11.2. The van der Waals surface area contributed by atoms with Crippen molar-refractivity contribution in [1.29, 1.82) is 0 Å². The van der Waals surface area contributed by atoms with E-state index in [-0.39, 0.29) is 18.0 Å². The third-order valence-electron chi connectivity index (χ3n) is 3.39. The zero-order chi connectivity index (χ0) is 18.6. The quantitative estimate of drug-likeness (QED) is 0.575. The van der Waals surface area contributed by atoms with Gasteiger partial charge >= 0.3 is 5.69 Å². The Labute approximate surface area is 153 Å². The van der Waals surface area contributed by atoms with E-state index in [0.717, 1.165) is 5.56 Å². The fraction of sp³-hybridized carbons (Fsp3) is 0.235. The van der Waals surface area contributed by atoms with Crippen molar-refractivity contribution < 1.29 is 19.2 Å². The summed E-state index contributed by atoms with van der Waals surface area (Å²) in [7, 11) is 1.51. The fourth-order valence-electron chi connectivity index (χ4n) is 2.28. The van der Waals surface area contributed by atoms with E-state index in [2.05, 4.69) is 21.2 Å². The van der Waals surface area contributed by atoms with Crippen LogP contribution in [0.4, 0.5) is 11.4 Å². The number of benzene rings is 2. The van der Waals surface area contributed by atoms with Gasteiger partial charge in [0.1, 0.15) is 5.75 Å². The van der Waals surface area contributed by atoms with Gasteiger partial charge in [-0.15, -0.1) is 0 Å². The maximum atomic E-state index is 12.2. The normalized spacial score (nSPS) is 10.2. The number of nitrogens with one attached hydrogen (secondary N) is 1. The molecule has 1 N–H and O–H groups in total. The van der Waals surface area contributed by atoms with Gasteiger partial charge in [-0.25, -0.2) is 0 Å². The topological polar surface area (TPSA) is 90.7 Å². The second kappa shape index (κ2) is 7.98. The molecule has 0 aliphatic heterocycles. The van der Waals surface area contributed by atoms with Crippen LogP contribution in [0.2, 0.25) is 0 Å². The first-order chi connectivity index (χ1) is 11.8. The van der Waals surface area contributed by atoms with E-state index < -0.39 is 10.8 Å². The molecule has 0 atom stereocenters. The first-order valence-corrected chi connectivity index (χ1v) is 8.13. The third kappa shape index (κ3) is 4.69. The molecule has 0 aliphatic carbocycles. The average Bonchev–Trinajstić information content (AvgIpc) is 2.53. The van der Waals surface area contributed by atoms with Gasteiger partial charge in [0.05, 0.1) is 17.7 Å². The molecule has 25 heavy (non-hydrogen) atoms. The minimum absolute atomic E-state index is 0.0690. The summed E-state index contributed by atoms with van der Waals surface area (Å²) in [6.45, 7) is 3.20. The zero-order valence-corrected chi connectivity index (χ0v) is 15.5. The molecule has 0 saturated heterocycles. The van der Waals surface area contributed by atoms with Crippen molar-refractivity contribution in [3.63, 3.8) is 0 Å². The first-order valence-electron chi connectivity index (χ1n) is 7.33. The Morgan fingerprint density at radius 1 is 1.28 bits per heavy atom. The van der Waals surface area contributed by atoms with Crippen LogP contribution >= 0.6 is 15.9 Å². The molecule has 8 heteroatoms. The Morgan fingerprint density at radius 2 is 2.00 bits per heavy atom. The molecule has 1 amide bonds. The molecular weight excluding hydrogens is 392 g/mol. The molecule has 0 bridgehead atoms. The average molecular weight is 409 g/mol. The maximum Gasteiger partial charge on any atom is 0.312 e. The highest BCUT2D eigenvalue weighted by Crippen LogP contribution is 2.34. The summed E-state index contributed by atoms with van der Waals surface area (Å²) in [6.07, 6.45) is 0. The van der Waals surface area contributed by atoms with Crippen LogP contribution < -0.4 is 14.8 Å². The molecule has 7 nitrogen and oxygen atoms in total. The largest absolute Gasteiger partial charge is 0.495 e. The van der Waals surface area contributed by atoms with Crippen LogP contribution in [0.5, 0.6) is 11.5 Å². The summed E-state index contributed by atoms with van der Waals surface area (Å²) in [5, 5.41) is 13.9. The van der Waals surface area contributed by atoms with Crippen LogP contribution in [-0.4, -0.2) is 24.5 Å². The van der Waals surface area contributed by atoms with Gasteiger partial charge in [0.15, 0.2) is 6.61 Å². The molecule has 0 unspecified atom stereocenters. The molecule has 0 saturated carbocycles. The number of anilines is 1. The minimum atomic E-state index is -0.547. The maximum absolute atomic E-state index is 12.2. The summed E-state index contributed by atoms with van der Waals surface area (Å²) in [5.74, 6) is 0.143. The lowest BCUT2D eigenvalue weighted by atomic mass is 10.2. The number of rotatable bonds is 6. The minimum Gasteiger partial charge on any atom is -0.495 e. The van der Waals surface area contributed by atoms with Gasteiger partial charge in [0, 0.05) is 10.5 Å². The van der Waals surface area contributed by atoms with Gasteiger partial charge in [0.2, 0.25) is 5.75 Å². The van der Waals surface area contributed by atoms with E-state index in [0.29, 0.717) is 21.5 Å². The molecular formula is C17H17BrN2O5. The number of hydrogen-bond donors (Lipinski definition) is 1. The van der Waals surface area contributed by atoms with Crippen LogP contribution in [0, 0.1) is 24.0 Å². The fourth-order valence-corrected chi connectivity index (χ4v) is 2.84. The predicted molar refractivity (Wildman–Crippen MR) is 97.4 cm³/mol. The molecule has 2 rings (SSSR count). The van der Waals surface area contributed by atoms with E-state index in [1.807, 2.05) is 13.0 Å². The highest BCUT2D eigenvalue weighted by atomic mass is 79.9. The van der Waals surface area contributed by atoms with Crippen LogP contribution in [0.25, 0.3) is 0 Å². The van der Waals surface area contributed by atoms with Crippen molar-refractivity contribution in [2.75, 3.05) is 19.0 Å². The summed E-state index contributed by atoms with van der Waals surface area (Å²) in [6, 6.07) is 8.40. The number of halogens is 1. The van der Waals surface area contributed by atoms with Crippen molar-refractivity contribution in [3.05, 3.63) is 56.0 Å². The number of nitro groups is 1. The summed E-state index contributed by atoms with van der Waals surface area (Å²) in [4.78, 5) is 22.8. The van der Waals surface area contributed by atoms with Crippen LogP contribution in [-0.2, 0) is 4.79 Å². The van der Waals surface area contributed by atoms with Crippen molar-refractivity contribution in [2.24, 2.45) is 0 Å². The van der Waals surface area contributed by atoms with E-state index in [9.17, 15) is 14.9 Å². The highest BCUT2D eigenvalue weighted by molar-refractivity contribution is 9.10. The lowest BCUT2D eigenvalue weighted by Gasteiger charge is -2.13. The second-order valence-electron chi connectivity index (χ2n) is 5.37. The molecule has 0 fully saturated rings. The van der Waals surface area contributed by atoms with Gasteiger partial charge in [-0.05, 0) is 43.2 Å². The molecule has 132 valence electrons. The molecule has 0 radical (unpaired) electrons. The van der Waals surface area contributed by atoms with E-state index in [4.69, 9.17) is 9.47 Å². The van der Waals surface area contributed by atoms with Gasteiger partial charge in [-0.2, -0.15) is 0 Å². The lowest BCUT2D eigenvalue weighted by Crippen LogP contribution is -2.21. The van der Waals surface area contributed by atoms with Crippen LogP contribution in [0.15, 0.2) is 34.8 Å². The Kier molecular flexibility index (Phi) is 5.97. The summed E-state index contributed by atoms with van der Waals surface area (Å²) >= 11 is 3.21. The molecule has 0 aliphatic rings. The molecule has 2 aromatic rings. The van der Waals surface area contributed by atoms with Crippen molar-refractivity contribution in [2.45, 2.75) is 13.8 Å². The predicted octanol–water partition coefficient (Wildman–Crippen LogP) is 4.00. The number of nitrogens with zero attached hydrogens (tertiary/aromatic N) is 1. The number of aryl methyl sites for hydroxylation is 2. The smallest absolute Gasteiger partial charge is 0.312 e. The number of methoxy groups -OCH3 is 1. The summed E-state index contributed by atoms with van der Waals surface area (Å²) in [5.41, 5.74) is 1.82. The molecule has 2 aromatic carbocycles. The first kappa shape index (κ1) is 18.7. The van der Waals surface area contributed by atoms with Gasteiger partial charge < -0.3 is 14.8 Å². The zero-order valence-electron chi connectivity index (χ0n) is 14.0. The Bertz CT molecular complexity index is 823. The number of ether oxygens (including phenoxy) is 2. The number of hydrogen-bond acceptors (Lipinski definition) is 5. The number of amides is 1. The Morgan fingerprint density at radius 3 is 2.64 bits per heavy atom. The number of nitro benzene ring substituents is 1. The van der Waals surface area contributed by atoms with E-state index >= 15 is 0 Å². The van der Waals surface area contributed by atoms with Crippen LogP contribution in [0.3, 0.4) is 0 Å². The third-order valence-corrected chi connectivity index (χ3v) is 3.85. The van der Waals surface area contributed by atoms with Gasteiger partial charge in [0.25, 0.3) is 5.91 Å². The highest BCUT2D eigenvalue weighted by Gasteiger charge is 2.20. The Hall–Kier alpha value is -2.61. The second-order valence-corrected chi connectivity index (χ2v) is 6.28. The van der Waals surface area contributed by atoms with Crippen molar-refractivity contribution in [1.82, 2.24) is 0 Å². The molecule has 0 aromatic heterocycles. The molecule has 0 heterocycles. The van der Waals surface area contributed by atoms with Gasteiger partial charge in [-0.1, -0.05) is 22.0 Å².